The van der Waals surface area contributed by atoms with Crippen LogP contribution in [0.5, 0.6) is 17.2 Å². The van der Waals surface area contributed by atoms with E-state index in [1.807, 2.05) is 12.1 Å². The fourth-order valence-electron chi connectivity index (χ4n) is 1.72. The van der Waals surface area contributed by atoms with Gasteiger partial charge >= 0.3 is 5.97 Å². The Morgan fingerprint density at radius 2 is 1.95 bits per heavy atom. The first kappa shape index (κ1) is 12.3. The molecule has 0 atom stereocenters. The molecular weight excluding hydrogens is 359 g/mol. The zero-order valence-electron chi connectivity index (χ0n) is 9.76. The average Bonchev–Trinajstić information content (AvgIpc) is 2.86. The zero-order valence-corrected chi connectivity index (χ0v) is 11.9. The Bertz CT molecular complexity index is 639. The monoisotopic (exact) mass is 368 g/mol. The maximum Gasteiger partial charge on any atom is 0.343 e. The molecule has 1 heterocycles. The lowest BCUT2D eigenvalue weighted by Crippen LogP contribution is -2.08. The van der Waals surface area contributed by atoms with Gasteiger partial charge in [-0.3, -0.25) is 0 Å². The zero-order chi connectivity index (χ0) is 13.2. The summed E-state index contributed by atoms with van der Waals surface area (Å²) in [4.78, 5) is 12.0. The number of carbonyl (C=O) groups is 1. The van der Waals surface area contributed by atoms with E-state index in [0.717, 1.165) is 3.57 Å². The van der Waals surface area contributed by atoms with Crippen molar-refractivity contribution in [1.82, 2.24) is 0 Å². The molecule has 4 nitrogen and oxygen atoms in total. The molecule has 5 heteroatoms. The minimum absolute atomic E-state index is 0.198. The number of fused-ring (bicyclic) bond motifs is 1. The van der Waals surface area contributed by atoms with E-state index in [4.69, 9.17) is 14.2 Å². The predicted octanol–water partition coefficient (Wildman–Crippen LogP) is 3.24. The Morgan fingerprint density at radius 1 is 1.11 bits per heavy atom. The van der Waals surface area contributed by atoms with Crippen molar-refractivity contribution in [3.05, 3.63) is 51.6 Å². The highest BCUT2D eigenvalue weighted by Crippen LogP contribution is 2.35. The van der Waals surface area contributed by atoms with Crippen molar-refractivity contribution in [2.24, 2.45) is 0 Å². The number of hydrogen-bond donors (Lipinski definition) is 0. The molecule has 3 rings (SSSR count). The van der Waals surface area contributed by atoms with E-state index in [9.17, 15) is 4.79 Å². The predicted molar refractivity (Wildman–Crippen MR) is 76.7 cm³/mol. The quantitative estimate of drug-likeness (QED) is 0.464. The van der Waals surface area contributed by atoms with Crippen LogP contribution in [-0.2, 0) is 0 Å². The largest absolute Gasteiger partial charge is 0.454 e. The van der Waals surface area contributed by atoms with Crippen molar-refractivity contribution >= 4 is 28.6 Å². The number of benzene rings is 2. The summed E-state index contributed by atoms with van der Waals surface area (Å²) in [5.74, 6) is 1.30. The molecule has 0 aromatic heterocycles. The van der Waals surface area contributed by atoms with Gasteiger partial charge in [-0.25, -0.2) is 4.79 Å². The fourth-order valence-corrected chi connectivity index (χ4v) is 2.26. The van der Waals surface area contributed by atoms with Crippen molar-refractivity contribution < 1.29 is 19.0 Å². The highest BCUT2D eigenvalue weighted by Gasteiger charge is 2.15. The van der Waals surface area contributed by atoms with Gasteiger partial charge in [-0.15, -0.1) is 0 Å². The van der Waals surface area contributed by atoms with E-state index in [-0.39, 0.29) is 6.79 Å². The number of hydrogen-bond acceptors (Lipinski definition) is 4. The van der Waals surface area contributed by atoms with Gasteiger partial charge in [0.15, 0.2) is 11.5 Å². The molecule has 1 aliphatic rings. The van der Waals surface area contributed by atoms with Crippen LogP contribution in [0.2, 0.25) is 0 Å². The Labute approximate surface area is 123 Å². The van der Waals surface area contributed by atoms with Crippen LogP contribution < -0.4 is 14.2 Å². The summed E-state index contributed by atoms with van der Waals surface area (Å²) in [6.45, 7) is 0.198. The Morgan fingerprint density at radius 3 is 2.79 bits per heavy atom. The van der Waals surface area contributed by atoms with Gasteiger partial charge in [-0.05, 0) is 52.9 Å². The van der Waals surface area contributed by atoms with Crippen LogP contribution in [0.25, 0.3) is 0 Å². The Balaban J connectivity index is 1.80. The van der Waals surface area contributed by atoms with E-state index in [2.05, 4.69) is 22.6 Å². The highest BCUT2D eigenvalue weighted by molar-refractivity contribution is 14.1. The van der Waals surface area contributed by atoms with E-state index in [1.54, 1.807) is 30.3 Å². The molecule has 19 heavy (non-hydrogen) atoms. The van der Waals surface area contributed by atoms with Crippen LogP contribution >= 0.6 is 22.6 Å². The van der Waals surface area contributed by atoms with Crippen LogP contribution in [0.3, 0.4) is 0 Å². The molecule has 0 fully saturated rings. The third kappa shape index (κ3) is 2.65. The van der Waals surface area contributed by atoms with Gasteiger partial charge < -0.3 is 14.2 Å². The lowest BCUT2D eigenvalue weighted by molar-refractivity contribution is 0.0734. The fraction of sp³-hybridized carbons (Fsp3) is 0.0714. The normalized spacial score (nSPS) is 12.3. The number of rotatable bonds is 2. The lowest BCUT2D eigenvalue weighted by atomic mass is 10.2. The molecule has 0 saturated heterocycles. The van der Waals surface area contributed by atoms with E-state index in [0.29, 0.717) is 22.8 Å². The van der Waals surface area contributed by atoms with Crippen LogP contribution in [0, 0.1) is 3.57 Å². The number of carbonyl (C=O) groups excluding carboxylic acids is 1. The van der Waals surface area contributed by atoms with Gasteiger partial charge in [0.1, 0.15) is 5.75 Å². The second kappa shape index (κ2) is 5.08. The van der Waals surface area contributed by atoms with Crippen molar-refractivity contribution in [3.8, 4) is 17.2 Å². The first-order chi connectivity index (χ1) is 9.22. The maximum atomic E-state index is 12.0. The van der Waals surface area contributed by atoms with Crippen LogP contribution in [-0.4, -0.2) is 12.8 Å². The molecule has 0 aliphatic carbocycles. The van der Waals surface area contributed by atoms with Gasteiger partial charge in [-0.2, -0.15) is 0 Å². The SMILES string of the molecule is O=C(Oc1ccc2c(c1)OCO2)c1cccc(I)c1. The molecule has 96 valence electrons. The van der Waals surface area contributed by atoms with Crippen LogP contribution in [0.1, 0.15) is 10.4 Å². The van der Waals surface area contributed by atoms with Gasteiger partial charge in [0.25, 0.3) is 0 Å². The average molecular weight is 368 g/mol. The Kier molecular flexibility index (Phi) is 3.29. The summed E-state index contributed by atoms with van der Waals surface area (Å²) in [7, 11) is 0. The number of halogens is 1. The summed E-state index contributed by atoms with van der Waals surface area (Å²) in [6.07, 6.45) is 0. The van der Waals surface area contributed by atoms with E-state index >= 15 is 0 Å². The summed E-state index contributed by atoms with van der Waals surface area (Å²) in [5.41, 5.74) is 0.518. The van der Waals surface area contributed by atoms with Gasteiger partial charge in [0.05, 0.1) is 5.56 Å². The molecule has 1 aliphatic heterocycles. The molecule has 0 radical (unpaired) electrons. The van der Waals surface area contributed by atoms with Crippen LogP contribution in [0.15, 0.2) is 42.5 Å². The summed E-state index contributed by atoms with van der Waals surface area (Å²) in [5, 5.41) is 0. The summed E-state index contributed by atoms with van der Waals surface area (Å²) >= 11 is 2.15. The van der Waals surface area contributed by atoms with Gasteiger partial charge in [0, 0.05) is 9.64 Å². The van der Waals surface area contributed by atoms with E-state index < -0.39 is 5.97 Å². The third-order valence-electron chi connectivity index (χ3n) is 2.61. The molecular formula is C14H9IO4. The third-order valence-corrected chi connectivity index (χ3v) is 3.29. The molecule has 0 bridgehead atoms. The number of esters is 1. The minimum Gasteiger partial charge on any atom is -0.454 e. The Hall–Kier alpha value is -1.76. The van der Waals surface area contributed by atoms with Crippen molar-refractivity contribution in [3.63, 3.8) is 0 Å². The van der Waals surface area contributed by atoms with Gasteiger partial charge in [-0.1, -0.05) is 6.07 Å². The molecule has 0 spiro atoms. The first-order valence-corrected chi connectivity index (χ1v) is 6.68. The topological polar surface area (TPSA) is 44.8 Å². The molecule has 2 aromatic rings. The molecule has 0 amide bonds. The van der Waals surface area contributed by atoms with Crippen molar-refractivity contribution in [2.45, 2.75) is 0 Å². The molecule has 2 aromatic carbocycles. The van der Waals surface area contributed by atoms with Crippen molar-refractivity contribution in [2.75, 3.05) is 6.79 Å². The van der Waals surface area contributed by atoms with Crippen LogP contribution in [0.4, 0.5) is 0 Å². The standard InChI is InChI=1S/C14H9IO4/c15-10-3-1-2-9(6-10)14(16)19-11-4-5-12-13(7-11)18-8-17-12/h1-7H,8H2. The molecule has 0 N–H and O–H groups in total. The minimum atomic E-state index is -0.391. The second-order valence-corrected chi connectivity index (χ2v) is 5.16. The number of ether oxygens (including phenoxy) is 3. The van der Waals surface area contributed by atoms with E-state index in [1.165, 1.54) is 0 Å². The lowest BCUT2D eigenvalue weighted by Gasteiger charge is -2.05. The molecule has 0 saturated carbocycles. The maximum absolute atomic E-state index is 12.0. The second-order valence-electron chi connectivity index (χ2n) is 3.91. The highest BCUT2D eigenvalue weighted by atomic mass is 127. The summed E-state index contributed by atoms with van der Waals surface area (Å²) in [6, 6.07) is 12.3. The smallest absolute Gasteiger partial charge is 0.343 e. The van der Waals surface area contributed by atoms with Gasteiger partial charge in [0.2, 0.25) is 6.79 Å². The summed E-state index contributed by atoms with van der Waals surface area (Å²) < 4.78 is 16.7. The first-order valence-electron chi connectivity index (χ1n) is 5.60. The van der Waals surface area contributed by atoms with Crippen molar-refractivity contribution in [1.29, 1.82) is 0 Å². The molecule has 0 unspecified atom stereocenters.